The van der Waals surface area contributed by atoms with E-state index in [0.29, 0.717) is 57.3 Å². The summed E-state index contributed by atoms with van der Waals surface area (Å²) >= 11 is 0. The maximum atomic E-state index is 12.7. The molecule has 0 saturated heterocycles. The smallest absolute Gasteiger partial charge is 0.306 e. The molecule has 2 aliphatic rings. The van der Waals surface area contributed by atoms with Crippen molar-refractivity contribution in [2.75, 3.05) is 24.5 Å². The molecule has 0 fully saturated rings. The number of aliphatic carboxylic acids is 3. The Kier molecular flexibility index (Phi) is 17.0. The van der Waals surface area contributed by atoms with Crippen LogP contribution in [0.4, 0.5) is 11.4 Å². The second-order valence-electron chi connectivity index (χ2n) is 17.4. The summed E-state index contributed by atoms with van der Waals surface area (Å²) in [6.07, 6.45) is 7.54. The van der Waals surface area contributed by atoms with Gasteiger partial charge >= 0.3 is 17.9 Å². The molecule has 4 rings (SSSR count). The summed E-state index contributed by atoms with van der Waals surface area (Å²) in [5.41, 5.74) is 3.50. The summed E-state index contributed by atoms with van der Waals surface area (Å²) in [5, 5.41) is 30.6. The third-order valence-electron chi connectivity index (χ3n) is 12.1. The second-order valence-corrected chi connectivity index (χ2v) is 20.2. The molecule has 0 aliphatic carbocycles. The Labute approximate surface area is 374 Å². The van der Waals surface area contributed by atoms with Crippen molar-refractivity contribution >= 4 is 66.9 Å². The van der Waals surface area contributed by atoms with Crippen LogP contribution in [0.3, 0.4) is 0 Å². The zero-order valence-electron chi connectivity index (χ0n) is 36.9. The van der Waals surface area contributed by atoms with Crippen molar-refractivity contribution in [2.45, 2.75) is 126 Å². The Bertz CT molecular complexity index is 2450. The number of hydrogen-bond acceptors (Lipinski definition) is 10. The van der Waals surface area contributed by atoms with Gasteiger partial charge in [-0.3, -0.25) is 33.1 Å². The topological polar surface area (TPSA) is 273 Å². The van der Waals surface area contributed by atoms with Crippen molar-refractivity contribution in [1.82, 2.24) is 5.32 Å². The summed E-state index contributed by atoms with van der Waals surface area (Å²) in [7, 11) is -8.90. The van der Waals surface area contributed by atoms with Crippen LogP contribution in [0.25, 0.3) is 0 Å². The predicted molar refractivity (Wildman–Crippen MR) is 237 cm³/mol. The van der Waals surface area contributed by atoms with Gasteiger partial charge in [-0.1, -0.05) is 26.3 Å². The van der Waals surface area contributed by atoms with Crippen LogP contribution in [0, 0.1) is 11.8 Å². The number of ketones is 1. The molecule has 2 atom stereocenters. The molecule has 0 aromatic heterocycles. The van der Waals surface area contributed by atoms with Gasteiger partial charge in [-0.2, -0.15) is 21.4 Å². The lowest BCUT2D eigenvalue weighted by Crippen LogP contribution is -2.28. The van der Waals surface area contributed by atoms with E-state index in [0.717, 1.165) is 28.3 Å². The SMILES string of the molecule is CCN1/C(=C/C=C/C2=[N+](CCCCCC(=O)NCCCC[C@@H](CC(=O)C[C@@H](CCC(=O)O)C(=O)O)C(=O)O)c3ccc(S(=O)(=O)O)cc3C2(C)C)C(C)(C)c2cc(S(=O)(=O)O)ccc21. The number of unbranched alkanes of at least 4 members (excludes halogenated alkanes) is 3. The van der Waals surface area contributed by atoms with Gasteiger partial charge in [0.25, 0.3) is 20.2 Å². The summed E-state index contributed by atoms with van der Waals surface area (Å²) in [6, 6.07) is 9.07. The molecule has 350 valence electrons. The highest BCUT2D eigenvalue weighted by atomic mass is 32.2. The third-order valence-corrected chi connectivity index (χ3v) is 13.8. The number of fused-ring (bicyclic) bond motifs is 2. The average molecular weight is 931 g/mol. The van der Waals surface area contributed by atoms with Crippen LogP contribution in [0.1, 0.15) is 116 Å². The Morgan fingerprint density at radius 2 is 1.34 bits per heavy atom. The minimum absolute atomic E-state index is 0.146. The van der Waals surface area contributed by atoms with Crippen LogP contribution in [-0.2, 0) is 55.0 Å². The number of likely N-dealkylation sites (N-methyl/N-ethyl adjacent to an activating group) is 1. The van der Waals surface area contributed by atoms with E-state index in [9.17, 15) is 60.1 Å². The van der Waals surface area contributed by atoms with E-state index >= 15 is 0 Å². The molecular weight excluding hydrogens is 871 g/mol. The second kappa shape index (κ2) is 21.2. The average Bonchev–Trinajstić information content (AvgIpc) is 3.55. The number of rotatable bonds is 25. The maximum Gasteiger partial charge on any atom is 0.306 e. The first-order chi connectivity index (χ1) is 29.8. The maximum absolute atomic E-state index is 12.7. The molecule has 2 aliphatic heterocycles. The minimum atomic E-state index is -4.48. The molecule has 1 amide bonds. The number of amides is 1. The molecule has 19 heteroatoms. The summed E-state index contributed by atoms with van der Waals surface area (Å²) < 4.78 is 69.9. The predicted octanol–water partition coefficient (Wildman–Crippen LogP) is 6.28. The van der Waals surface area contributed by atoms with E-state index in [2.05, 4.69) is 14.8 Å². The first-order valence-corrected chi connectivity index (χ1v) is 24.2. The van der Waals surface area contributed by atoms with Crippen LogP contribution < -0.4 is 10.2 Å². The van der Waals surface area contributed by atoms with E-state index in [1.165, 1.54) is 24.3 Å². The van der Waals surface area contributed by atoms with Crippen molar-refractivity contribution in [1.29, 1.82) is 0 Å². The molecule has 2 aromatic carbocycles. The Morgan fingerprint density at radius 1 is 0.750 bits per heavy atom. The van der Waals surface area contributed by atoms with Gasteiger partial charge in [-0.25, -0.2) is 0 Å². The molecule has 0 radical (unpaired) electrons. The Balaban J connectivity index is 1.37. The zero-order valence-corrected chi connectivity index (χ0v) is 38.5. The number of carbonyl (C=O) groups is 5. The number of nitrogens with zero attached hydrogens (tertiary/aromatic N) is 2. The molecule has 0 saturated carbocycles. The number of Topliss-reactive ketones (excluding diaryl/α,β-unsaturated/α-hetero) is 1. The Morgan fingerprint density at radius 3 is 1.92 bits per heavy atom. The van der Waals surface area contributed by atoms with Gasteiger partial charge < -0.3 is 25.5 Å². The highest BCUT2D eigenvalue weighted by Gasteiger charge is 2.45. The number of carboxylic acid groups (broad SMARTS) is 3. The molecule has 64 heavy (non-hydrogen) atoms. The summed E-state index contributed by atoms with van der Waals surface area (Å²) in [4.78, 5) is 60.8. The molecule has 0 spiro atoms. The highest BCUT2D eigenvalue weighted by Crippen LogP contribution is 2.48. The van der Waals surface area contributed by atoms with Crippen LogP contribution >= 0.6 is 0 Å². The number of nitrogens with one attached hydrogen (secondary N) is 1. The van der Waals surface area contributed by atoms with Gasteiger partial charge in [0.1, 0.15) is 12.3 Å². The number of carbonyl (C=O) groups excluding carboxylic acids is 2. The summed E-state index contributed by atoms with van der Waals surface area (Å²) in [6.45, 7) is 11.3. The fraction of sp³-hybridized carbons (Fsp3) is 0.511. The van der Waals surface area contributed by atoms with Crippen molar-refractivity contribution in [3.63, 3.8) is 0 Å². The van der Waals surface area contributed by atoms with Crippen LogP contribution in [0.2, 0.25) is 0 Å². The normalized spacial score (nSPS) is 17.0. The first-order valence-electron chi connectivity index (χ1n) is 21.3. The number of carboxylic acids is 3. The molecule has 2 heterocycles. The largest absolute Gasteiger partial charge is 0.481 e. The lowest BCUT2D eigenvalue weighted by Gasteiger charge is -2.25. The Hall–Kier alpha value is -5.24. The van der Waals surface area contributed by atoms with Gasteiger partial charge in [-0.15, -0.1) is 0 Å². The van der Waals surface area contributed by atoms with Crippen LogP contribution in [0.5, 0.6) is 0 Å². The van der Waals surface area contributed by atoms with Gasteiger partial charge in [0.2, 0.25) is 11.6 Å². The fourth-order valence-electron chi connectivity index (χ4n) is 8.56. The van der Waals surface area contributed by atoms with Crippen LogP contribution in [-0.4, -0.2) is 101 Å². The summed E-state index contributed by atoms with van der Waals surface area (Å²) in [5.74, 6) is -6.67. The molecule has 0 unspecified atom stereocenters. The van der Waals surface area contributed by atoms with Crippen molar-refractivity contribution < 1.29 is 69.8 Å². The van der Waals surface area contributed by atoms with E-state index in [-0.39, 0.29) is 41.4 Å². The molecule has 2 aromatic rings. The van der Waals surface area contributed by atoms with E-state index < -0.39 is 79.4 Å². The van der Waals surface area contributed by atoms with Gasteiger partial charge in [0, 0.05) is 79.7 Å². The molecule has 0 bridgehead atoms. The number of benzene rings is 2. The zero-order chi connectivity index (χ0) is 47.8. The van der Waals surface area contributed by atoms with E-state index in [4.69, 9.17) is 5.11 Å². The van der Waals surface area contributed by atoms with Crippen molar-refractivity contribution in [3.8, 4) is 0 Å². The minimum Gasteiger partial charge on any atom is -0.481 e. The van der Waals surface area contributed by atoms with E-state index in [1.807, 2.05) is 52.8 Å². The van der Waals surface area contributed by atoms with Gasteiger partial charge in [0.05, 0.1) is 27.0 Å². The van der Waals surface area contributed by atoms with Crippen LogP contribution in [0.15, 0.2) is 70.1 Å². The standard InChI is InChI=1S/C45H59N3O14S2/c1-6-47-36-20-18-32(63(57,58)59)27-34(36)44(2,3)38(47)14-12-15-39-45(4,5)35-28-33(64(60,61)62)19-21-37(35)48(39)24-11-7-8-16-40(50)46-23-10-9-13-29(42(53)54)25-31(49)26-30(43(55)56)17-22-41(51)52/h12,14-15,18-21,27-30H,6-11,13,16-17,22-26H2,1-5H3,(H5-,46,50,51,52,53,54,55,56,57,58,59,60,61,62)/p+1/t29-,30+/m0/s1. The van der Waals surface area contributed by atoms with Crippen molar-refractivity contribution in [3.05, 3.63) is 71.5 Å². The fourth-order valence-corrected chi connectivity index (χ4v) is 9.58. The number of anilines is 1. The van der Waals surface area contributed by atoms with Gasteiger partial charge in [0.15, 0.2) is 5.71 Å². The first kappa shape index (κ1) is 51.4. The lowest BCUT2D eigenvalue weighted by atomic mass is 9.81. The highest BCUT2D eigenvalue weighted by molar-refractivity contribution is 7.86. The lowest BCUT2D eigenvalue weighted by molar-refractivity contribution is -0.438. The third kappa shape index (κ3) is 12.7. The van der Waals surface area contributed by atoms with Gasteiger partial charge in [-0.05, 0) is 94.8 Å². The van der Waals surface area contributed by atoms with E-state index in [1.54, 1.807) is 12.1 Å². The molecule has 17 nitrogen and oxygen atoms in total. The monoisotopic (exact) mass is 930 g/mol. The molecular formula is C45H60N3O14S2+. The number of hydrogen-bond donors (Lipinski definition) is 6. The quantitative estimate of drug-likeness (QED) is 0.0363. The molecule has 6 N–H and O–H groups in total. The van der Waals surface area contributed by atoms with Crippen molar-refractivity contribution in [2.24, 2.45) is 11.8 Å². The number of allylic oxidation sites excluding steroid dienone is 4.